The van der Waals surface area contributed by atoms with Crippen molar-refractivity contribution in [1.82, 2.24) is 0 Å². The molecule has 5 heteroatoms. The highest BCUT2D eigenvalue weighted by Gasteiger charge is 2.12. The molecule has 1 unspecified atom stereocenters. The van der Waals surface area contributed by atoms with Crippen LogP contribution in [0.2, 0.25) is 0 Å². The summed E-state index contributed by atoms with van der Waals surface area (Å²) in [4.78, 5) is 11.4. The monoisotopic (exact) mass is 230 g/mol. The van der Waals surface area contributed by atoms with Crippen molar-refractivity contribution in [3.63, 3.8) is 0 Å². The van der Waals surface area contributed by atoms with Crippen LogP contribution in [0.3, 0.4) is 0 Å². The molecular formula is C11H18O5. The van der Waals surface area contributed by atoms with Gasteiger partial charge in [0, 0.05) is 0 Å². The minimum Gasteiger partial charge on any atom is -0.494 e. The summed E-state index contributed by atoms with van der Waals surface area (Å²) >= 11 is 0. The first-order chi connectivity index (χ1) is 7.52. The first-order valence-electron chi connectivity index (χ1n) is 4.90. The molecule has 0 aromatic heterocycles. The van der Waals surface area contributed by atoms with E-state index in [1.54, 1.807) is 19.9 Å². The summed E-state index contributed by atoms with van der Waals surface area (Å²) < 4.78 is 9.90. The minimum absolute atomic E-state index is 0.235. The van der Waals surface area contributed by atoms with Crippen LogP contribution in [0.5, 0.6) is 0 Å². The Morgan fingerprint density at radius 2 is 2.06 bits per heavy atom. The normalized spacial score (nSPS) is 13.8. The molecule has 0 aliphatic carbocycles. The molecule has 0 bridgehead atoms. The number of hydrogen-bond acceptors (Lipinski definition) is 5. The van der Waals surface area contributed by atoms with E-state index in [1.807, 2.05) is 0 Å². The van der Waals surface area contributed by atoms with E-state index >= 15 is 0 Å². The number of hydrogen-bond donors (Lipinski definition) is 2. The van der Waals surface area contributed by atoms with Gasteiger partial charge in [-0.05, 0) is 13.8 Å². The minimum atomic E-state index is -1.05. The van der Waals surface area contributed by atoms with Gasteiger partial charge < -0.3 is 19.7 Å². The first-order valence-corrected chi connectivity index (χ1v) is 4.90. The van der Waals surface area contributed by atoms with Gasteiger partial charge in [0.25, 0.3) is 0 Å². The van der Waals surface area contributed by atoms with E-state index in [1.165, 1.54) is 0 Å². The van der Waals surface area contributed by atoms with Gasteiger partial charge in [0.05, 0.1) is 12.2 Å². The fourth-order valence-electron chi connectivity index (χ4n) is 0.769. The Hall–Kier alpha value is -1.33. The molecule has 0 radical (unpaired) electrons. The predicted molar refractivity (Wildman–Crippen MR) is 58.6 cm³/mol. The topological polar surface area (TPSA) is 76.0 Å². The zero-order valence-electron chi connectivity index (χ0n) is 9.60. The summed E-state index contributed by atoms with van der Waals surface area (Å²) in [5.41, 5.74) is 0.326. The Bertz CT molecular complexity index is 270. The standard InChI is InChI=1S/C11H18O5/c1-4-5-15-9(3)8(2)11(14)16-7-10(13)6-12/h4,10,12-13H,1,5-7H2,2-3H3. The molecule has 0 aromatic rings. The second-order valence-corrected chi connectivity index (χ2v) is 3.22. The summed E-state index contributed by atoms with van der Waals surface area (Å²) in [5.74, 6) is -0.127. The summed E-state index contributed by atoms with van der Waals surface area (Å²) in [7, 11) is 0. The molecule has 0 heterocycles. The summed E-state index contributed by atoms with van der Waals surface area (Å²) in [6, 6.07) is 0. The van der Waals surface area contributed by atoms with Crippen LogP contribution in [0.15, 0.2) is 24.0 Å². The maximum atomic E-state index is 11.4. The van der Waals surface area contributed by atoms with E-state index in [9.17, 15) is 4.79 Å². The van der Waals surface area contributed by atoms with Crippen LogP contribution in [0, 0.1) is 0 Å². The highest BCUT2D eigenvalue weighted by Crippen LogP contribution is 2.07. The van der Waals surface area contributed by atoms with E-state index in [2.05, 4.69) is 6.58 Å². The van der Waals surface area contributed by atoms with Crippen LogP contribution < -0.4 is 0 Å². The SMILES string of the molecule is C=CCOC(C)=C(C)C(=O)OCC(O)CO. The predicted octanol–water partition coefficient (Wildman–Crippen LogP) is 0.379. The van der Waals surface area contributed by atoms with Gasteiger partial charge in [-0.1, -0.05) is 12.7 Å². The molecule has 16 heavy (non-hydrogen) atoms. The van der Waals surface area contributed by atoms with Gasteiger partial charge in [0.1, 0.15) is 25.1 Å². The Kier molecular flexibility index (Phi) is 7.24. The van der Waals surface area contributed by atoms with Crippen molar-refractivity contribution in [1.29, 1.82) is 0 Å². The first kappa shape index (κ1) is 14.7. The number of aliphatic hydroxyl groups excluding tert-OH is 2. The molecule has 0 fully saturated rings. The van der Waals surface area contributed by atoms with Crippen LogP contribution >= 0.6 is 0 Å². The number of rotatable bonds is 7. The lowest BCUT2D eigenvalue weighted by molar-refractivity contribution is -0.142. The van der Waals surface area contributed by atoms with Gasteiger partial charge in [-0.3, -0.25) is 0 Å². The van der Waals surface area contributed by atoms with Crippen molar-refractivity contribution in [3.05, 3.63) is 24.0 Å². The van der Waals surface area contributed by atoms with Crippen molar-refractivity contribution in [3.8, 4) is 0 Å². The van der Waals surface area contributed by atoms with Gasteiger partial charge in [-0.2, -0.15) is 0 Å². The third-order valence-corrected chi connectivity index (χ3v) is 1.87. The number of carbonyl (C=O) groups is 1. The van der Waals surface area contributed by atoms with E-state index < -0.39 is 18.7 Å². The van der Waals surface area contributed by atoms with Gasteiger partial charge in [-0.15, -0.1) is 0 Å². The number of ether oxygens (including phenoxy) is 2. The summed E-state index contributed by atoms with van der Waals surface area (Å²) in [5, 5.41) is 17.5. The molecule has 0 saturated carbocycles. The number of carbonyl (C=O) groups excluding carboxylic acids is 1. The lowest BCUT2D eigenvalue weighted by atomic mass is 10.2. The molecule has 0 aromatic carbocycles. The fourth-order valence-corrected chi connectivity index (χ4v) is 0.769. The van der Waals surface area contributed by atoms with Gasteiger partial charge >= 0.3 is 5.97 Å². The zero-order valence-corrected chi connectivity index (χ0v) is 9.60. The Balaban J connectivity index is 4.20. The summed E-state index contributed by atoms with van der Waals surface area (Å²) in [6.07, 6.45) is 0.517. The molecular weight excluding hydrogens is 212 g/mol. The molecule has 0 saturated heterocycles. The highest BCUT2D eigenvalue weighted by molar-refractivity contribution is 5.88. The van der Waals surface area contributed by atoms with Gasteiger partial charge in [0.15, 0.2) is 0 Å². The van der Waals surface area contributed by atoms with Crippen molar-refractivity contribution < 1.29 is 24.5 Å². The van der Waals surface area contributed by atoms with Crippen molar-refractivity contribution >= 4 is 5.97 Å². The van der Waals surface area contributed by atoms with Gasteiger partial charge in [-0.25, -0.2) is 4.79 Å². The average molecular weight is 230 g/mol. The van der Waals surface area contributed by atoms with E-state index in [0.717, 1.165) is 0 Å². The van der Waals surface area contributed by atoms with Gasteiger partial charge in [0.2, 0.25) is 0 Å². The van der Waals surface area contributed by atoms with E-state index in [0.29, 0.717) is 17.9 Å². The largest absolute Gasteiger partial charge is 0.494 e. The Morgan fingerprint density at radius 3 is 2.56 bits per heavy atom. The molecule has 0 rings (SSSR count). The molecule has 2 N–H and O–H groups in total. The Labute approximate surface area is 95.0 Å². The number of aliphatic hydroxyl groups is 2. The molecule has 5 nitrogen and oxygen atoms in total. The van der Waals surface area contributed by atoms with E-state index in [-0.39, 0.29) is 6.61 Å². The lowest BCUT2D eigenvalue weighted by Gasteiger charge is -2.10. The van der Waals surface area contributed by atoms with Crippen molar-refractivity contribution in [2.75, 3.05) is 19.8 Å². The van der Waals surface area contributed by atoms with Crippen LogP contribution in [0.1, 0.15) is 13.8 Å². The summed E-state index contributed by atoms with van der Waals surface area (Å²) in [6.45, 7) is 6.32. The lowest BCUT2D eigenvalue weighted by Crippen LogP contribution is -2.22. The van der Waals surface area contributed by atoms with Crippen LogP contribution in [0.4, 0.5) is 0 Å². The van der Waals surface area contributed by atoms with E-state index in [4.69, 9.17) is 19.7 Å². The molecule has 0 amide bonds. The molecule has 1 atom stereocenters. The average Bonchev–Trinajstić information content (AvgIpc) is 2.31. The van der Waals surface area contributed by atoms with Crippen LogP contribution in [0.25, 0.3) is 0 Å². The molecule has 92 valence electrons. The van der Waals surface area contributed by atoms with Crippen LogP contribution in [-0.2, 0) is 14.3 Å². The highest BCUT2D eigenvalue weighted by atomic mass is 16.5. The molecule has 0 spiro atoms. The zero-order chi connectivity index (χ0) is 12.6. The quantitative estimate of drug-likeness (QED) is 0.286. The molecule has 0 aliphatic heterocycles. The number of esters is 1. The maximum absolute atomic E-state index is 11.4. The third-order valence-electron chi connectivity index (χ3n) is 1.87. The van der Waals surface area contributed by atoms with Crippen molar-refractivity contribution in [2.45, 2.75) is 20.0 Å². The molecule has 0 aliphatic rings. The Morgan fingerprint density at radius 1 is 1.44 bits per heavy atom. The second kappa shape index (κ2) is 7.90. The van der Waals surface area contributed by atoms with Crippen molar-refractivity contribution in [2.24, 2.45) is 0 Å². The third kappa shape index (κ3) is 5.53. The second-order valence-electron chi connectivity index (χ2n) is 3.22. The fraction of sp³-hybridized carbons (Fsp3) is 0.545. The maximum Gasteiger partial charge on any atom is 0.337 e. The van der Waals surface area contributed by atoms with Crippen LogP contribution in [-0.4, -0.2) is 42.1 Å². The smallest absolute Gasteiger partial charge is 0.337 e. The number of allylic oxidation sites excluding steroid dienone is 1.